The number of hydrogen-bond acceptors (Lipinski definition) is 1. The van der Waals surface area contributed by atoms with Crippen molar-refractivity contribution in [2.75, 3.05) is 0 Å². The van der Waals surface area contributed by atoms with Crippen molar-refractivity contribution in [2.45, 2.75) is 0 Å². The molecule has 0 aliphatic carbocycles. The second kappa shape index (κ2) is 5.09. The SMILES string of the molecule is Fc1cncc(Cl)c1[B-](F)(F)F.[K+]. The Morgan fingerprint density at radius 3 is 2.08 bits per heavy atom. The van der Waals surface area contributed by atoms with Gasteiger partial charge in [-0.2, -0.15) is 0 Å². The van der Waals surface area contributed by atoms with E-state index in [-0.39, 0.29) is 51.4 Å². The van der Waals surface area contributed by atoms with Crippen LogP contribution in [-0.4, -0.2) is 12.0 Å². The molecule has 0 fully saturated rings. The first-order chi connectivity index (χ1) is 5.43. The minimum Gasteiger partial charge on any atom is -0.445 e. The third-order valence-electron chi connectivity index (χ3n) is 1.22. The quantitative estimate of drug-likeness (QED) is 0.448. The van der Waals surface area contributed by atoms with Gasteiger partial charge in [-0.3, -0.25) is 4.98 Å². The summed E-state index contributed by atoms with van der Waals surface area (Å²) in [6, 6.07) is 0. The number of hydrogen-bond donors (Lipinski definition) is 0. The van der Waals surface area contributed by atoms with Crippen molar-refractivity contribution in [1.82, 2.24) is 4.98 Å². The fourth-order valence-electron chi connectivity index (χ4n) is 0.734. The van der Waals surface area contributed by atoms with Gasteiger partial charge in [-0.25, -0.2) is 4.39 Å². The fraction of sp³-hybridized carbons (Fsp3) is 0. The van der Waals surface area contributed by atoms with Crippen LogP contribution in [-0.2, 0) is 0 Å². The van der Waals surface area contributed by atoms with E-state index in [9.17, 15) is 17.3 Å². The number of nitrogens with zero attached hydrogens (tertiary/aromatic N) is 1. The topological polar surface area (TPSA) is 12.9 Å². The molecule has 66 valence electrons. The van der Waals surface area contributed by atoms with Gasteiger partial charge in [-0.05, 0) is 0 Å². The summed E-state index contributed by atoms with van der Waals surface area (Å²) < 4.78 is 48.6. The maximum absolute atomic E-state index is 12.5. The second-order valence-electron chi connectivity index (χ2n) is 2.09. The molecule has 0 amide bonds. The number of halogens is 5. The van der Waals surface area contributed by atoms with E-state index in [0.29, 0.717) is 6.20 Å². The zero-order chi connectivity index (χ0) is 9.35. The van der Waals surface area contributed by atoms with E-state index in [1.165, 1.54) is 0 Å². The summed E-state index contributed by atoms with van der Waals surface area (Å²) in [5.41, 5.74) is -1.41. The van der Waals surface area contributed by atoms with Crippen molar-refractivity contribution in [3.8, 4) is 0 Å². The Labute approximate surface area is 119 Å². The van der Waals surface area contributed by atoms with Gasteiger partial charge in [0, 0.05) is 11.2 Å². The third kappa shape index (κ3) is 3.49. The average molecular weight is 237 g/mol. The van der Waals surface area contributed by atoms with Crippen LogP contribution < -0.4 is 56.8 Å². The largest absolute Gasteiger partial charge is 1.00 e. The maximum Gasteiger partial charge on any atom is 1.00 e. The van der Waals surface area contributed by atoms with E-state index in [1.54, 1.807) is 0 Å². The average Bonchev–Trinajstić information content (AvgIpc) is 1.82. The molecule has 0 saturated carbocycles. The predicted octanol–water partition coefficient (Wildman–Crippen LogP) is -1.07. The Kier molecular flexibility index (Phi) is 5.42. The Hall–Kier alpha value is 0.861. The first kappa shape index (κ1) is 13.9. The van der Waals surface area contributed by atoms with Crippen molar-refractivity contribution >= 4 is 24.0 Å². The summed E-state index contributed by atoms with van der Waals surface area (Å²) in [4.78, 5) is 3.16. The van der Waals surface area contributed by atoms with Crippen molar-refractivity contribution in [2.24, 2.45) is 0 Å². The number of pyridine rings is 1. The Balaban J connectivity index is 0.00000144. The molecule has 1 rings (SSSR count). The molecular formula is C5H2BClF4KN. The van der Waals surface area contributed by atoms with Gasteiger partial charge in [0.25, 0.3) is 0 Å². The molecule has 0 saturated heterocycles. The summed E-state index contributed by atoms with van der Waals surface area (Å²) in [7, 11) is 0. The minimum absolute atomic E-state index is 0. The van der Waals surface area contributed by atoms with Gasteiger partial charge in [0.15, 0.2) is 0 Å². The zero-order valence-corrected chi connectivity index (χ0v) is 10.4. The van der Waals surface area contributed by atoms with Crippen LogP contribution >= 0.6 is 11.6 Å². The van der Waals surface area contributed by atoms with Crippen molar-refractivity contribution in [3.05, 3.63) is 23.2 Å². The molecular weight excluding hydrogens is 235 g/mol. The van der Waals surface area contributed by atoms with Crippen molar-refractivity contribution in [3.63, 3.8) is 0 Å². The molecule has 0 atom stereocenters. The fourth-order valence-corrected chi connectivity index (χ4v) is 1.00. The van der Waals surface area contributed by atoms with E-state index in [1.807, 2.05) is 0 Å². The summed E-state index contributed by atoms with van der Waals surface area (Å²) >= 11 is 5.11. The minimum atomic E-state index is -5.40. The molecule has 1 aromatic rings. The summed E-state index contributed by atoms with van der Waals surface area (Å²) in [6.07, 6.45) is 1.24. The molecule has 0 bridgehead atoms. The van der Waals surface area contributed by atoms with Gasteiger partial charge in [0.2, 0.25) is 0 Å². The van der Waals surface area contributed by atoms with Crippen LogP contribution in [0.4, 0.5) is 17.3 Å². The number of rotatable bonds is 1. The smallest absolute Gasteiger partial charge is 0.445 e. The molecule has 0 N–H and O–H groups in total. The molecule has 8 heteroatoms. The van der Waals surface area contributed by atoms with Gasteiger partial charge >= 0.3 is 58.4 Å². The summed E-state index contributed by atoms with van der Waals surface area (Å²) in [5, 5.41) is -0.706. The van der Waals surface area contributed by atoms with Gasteiger partial charge in [-0.1, -0.05) is 17.1 Å². The molecule has 1 heterocycles. The molecule has 1 nitrogen and oxygen atoms in total. The van der Waals surface area contributed by atoms with Crippen molar-refractivity contribution < 1.29 is 68.7 Å². The molecule has 0 radical (unpaired) electrons. The van der Waals surface area contributed by atoms with Crippen molar-refractivity contribution in [1.29, 1.82) is 0 Å². The maximum atomic E-state index is 12.5. The second-order valence-corrected chi connectivity index (χ2v) is 2.50. The molecule has 1 aromatic heterocycles. The van der Waals surface area contributed by atoms with E-state index in [4.69, 9.17) is 11.6 Å². The zero-order valence-electron chi connectivity index (χ0n) is 6.57. The van der Waals surface area contributed by atoms with E-state index >= 15 is 0 Å². The summed E-state index contributed by atoms with van der Waals surface area (Å²) in [5.74, 6) is -1.44. The Morgan fingerprint density at radius 2 is 1.77 bits per heavy atom. The monoisotopic (exact) mass is 237 g/mol. The molecule has 0 unspecified atom stereocenters. The van der Waals surface area contributed by atoms with E-state index in [2.05, 4.69) is 4.98 Å². The van der Waals surface area contributed by atoms with Crippen LogP contribution in [0, 0.1) is 5.82 Å². The Bertz CT molecular complexity index is 285. The summed E-state index contributed by atoms with van der Waals surface area (Å²) in [6.45, 7) is -5.40. The van der Waals surface area contributed by atoms with Crippen LogP contribution in [0.3, 0.4) is 0 Å². The van der Waals surface area contributed by atoms with Gasteiger partial charge < -0.3 is 12.9 Å². The predicted molar refractivity (Wildman–Crippen MR) is 37.9 cm³/mol. The molecule has 13 heavy (non-hydrogen) atoms. The number of aromatic nitrogens is 1. The third-order valence-corrected chi connectivity index (χ3v) is 1.52. The molecule has 0 aliphatic heterocycles. The molecule has 0 spiro atoms. The van der Waals surface area contributed by atoms with Crippen LogP contribution in [0.1, 0.15) is 0 Å². The first-order valence-corrected chi connectivity index (χ1v) is 3.29. The molecule has 0 aliphatic rings. The Morgan fingerprint density at radius 1 is 1.23 bits per heavy atom. The van der Waals surface area contributed by atoms with Crippen LogP contribution in [0.2, 0.25) is 5.02 Å². The molecule has 0 aromatic carbocycles. The van der Waals surface area contributed by atoms with Crippen LogP contribution in [0.25, 0.3) is 0 Å². The van der Waals surface area contributed by atoms with Gasteiger partial charge in [0.1, 0.15) is 5.82 Å². The van der Waals surface area contributed by atoms with Gasteiger partial charge in [-0.15, -0.1) is 0 Å². The van der Waals surface area contributed by atoms with Gasteiger partial charge in [0.05, 0.1) is 6.20 Å². The normalized spacial score (nSPS) is 10.8. The first-order valence-electron chi connectivity index (χ1n) is 2.92. The van der Waals surface area contributed by atoms with E-state index in [0.717, 1.165) is 6.20 Å². The van der Waals surface area contributed by atoms with E-state index < -0.39 is 23.3 Å². The standard InChI is InChI=1S/C5H2BClF4N.K/c7-3-1-12-2-4(8)5(3)6(9,10)11;/h1-2H;/q-1;+1. The van der Waals surface area contributed by atoms with Crippen LogP contribution in [0.5, 0.6) is 0 Å². The van der Waals surface area contributed by atoms with Crippen LogP contribution in [0.15, 0.2) is 12.4 Å².